The highest BCUT2D eigenvalue weighted by atomic mass is 16.6. The van der Waals surface area contributed by atoms with Gasteiger partial charge in [-0.25, -0.2) is 4.79 Å². The Bertz CT molecular complexity index is 747. The van der Waals surface area contributed by atoms with Crippen molar-refractivity contribution in [2.75, 3.05) is 7.11 Å². The molecular weight excluding hydrogens is 324 g/mol. The van der Waals surface area contributed by atoms with E-state index >= 15 is 0 Å². The molecule has 0 bridgehead atoms. The molecule has 2 aromatic rings. The van der Waals surface area contributed by atoms with Crippen molar-refractivity contribution in [3.05, 3.63) is 48.0 Å². The fourth-order valence-electron chi connectivity index (χ4n) is 4.29. The topological polar surface area (TPSA) is 35.5 Å². The van der Waals surface area contributed by atoms with Crippen LogP contribution in [0, 0.1) is 17.8 Å². The monoisotopic (exact) mass is 354 g/mol. The molecule has 140 valence electrons. The molecule has 0 unspecified atom stereocenters. The molecule has 0 aromatic heterocycles. The van der Waals surface area contributed by atoms with Crippen LogP contribution in [0.5, 0.6) is 0 Å². The Kier molecular flexibility index (Phi) is 5.98. The number of hydrogen-bond donors (Lipinski definition) is 0. The molecule has 0 spiro atoms. The van der Waals surface area contributed by atoms with Gasteiger partial charge in [-0.05, 0) is 46.9 Å². The van der Waals surface area contributed by atoms with Gasteiger partial charge >= 0.3 is 5.97 Å². The van der Waals surface area contributed by atoms with E-state index in [2.05, 4.69) is 32.9 Å². The smallest absolute Gasteiger partial charge is 0.340 e. The van der Waals surface area contributed by atoms with Crippen molar-refractivity contribution < 1.29 is 14.3 Å². The number of carbonyl (C=O) groups is 1. The van der Waals surface area contributed by atoms with Crippen molar-refractivity contribution in [3.63, 3.8) is 0 Å². The molecule has 1 fully saturated rings. The van der Waals surface area contributed by atoms with Gasteiger partial charge in [0.1, 0.15) is 6.10 Å². The zero-order valence-electron chi connectivity index (χ0n) is 16.3. The van der Waals surface area contributed by atoms with E-state index in [9.17, 15) is 4.79 Å². The van der Waals surface area contributed by atoms with Crippen molar-refractivity contribution in [3.8, 4) is 0 Å². The van der Waals surface area contributed by atoms with Crippen molar-refractivity contribution in [2.24, 2.45) is 17.8 Å². The minimum absolute atomic E-state index is 0.0149. The fourth-order valence-corrected chi connectivity index (χ4v) is 4.29. The number of fused-ring (bicyclic) bond motifs is 1. The molecule has 26 heavy (non-hydrogen) atoms. The predicted molar refractivity (Wildman–Crippen MR) is 105 cm³/mol. The summed E-state index contributed by atoms with van der Waals surface area (Å²) in [5.41, 5.74) is 0.876. The van der Waals surface area contributed by atoms with Gasteiger partial charge in [0, 0.05) is 7.11 Å². The van der Waals surface area contributed by atoms with Gasteiger partial charge in [0.05, 0.1) is 0 Å². The first kappa shape index (κ1) is 18.9. The standard InChI is InChI=1S/C23H30O3/c1-15(2)18-13-12-16(3)14-21(18)26-23(24)22(25-4)20-11-7-9-17-8-5-6-10-19(17)20/h5-11,15-16,18,21-22H,12-14H2,1-4H3/t16-,18+,21-,22+/m1/s1. The predicted octanol–water partition coefficient (Wildman–Crippen LogP) is 5.53. The van der Waals surface area contributed by atoms with Crippen LogP contribution in [0.2, 0.25) is 0 Å². The van der Waals surface area contributed by atoms with Crippen LogP contribution < -0.4 is 0 Å². The number of hydrogen-bond acceptors (Lipinski definition) is 3. The molecule has 1 aliphatic rings. The van der Waals surface area contributed by atoms with Gasteiger partial charge in [-0.1, -0.05) is 69.7 Å². The van der Waals surface area contributed by atoms with Crippen molar-refractivity contribution in [1.29, 1.82) is 0 Å². The van der Waals surface area contributed by atoms with Crippen molar-refractivity contribution in [2.45, 2.75) is 52.2 Å². The molecule has 1 saturated carbocycles. The van der Waals surface area contributed by atoms with E-state index in [0.29, 0.717) is 17.8 Å². The SMILES string of the molecule is CO[C@H](C(=O)O[C@@H]1C[C@H](C)CC[C@H]1C(C)C)c1cccc2ccccc12. The molecular formula is C23H30O3. The Morgan fingerprint density at radius 3 is 2.54 bits per heavy atom. The summed E-state index contributed by atoms with van der Waals surface area (Å²) in [5.74, 6) is 1.27. The maximum atomic E-state index is 13.0. The minimum Gasteiger partial charge on any atom is -0.460 e. The van der Waals surface area contributed by atoms with Crippen LogP contribution in [0.25, 0.3) is 10.8 Å². The average Bonchev–Trinajstić information content (AvgIpc) is 2.62. The van der Waals surface area contributed by atoms with E-state index in [-0.39, 0.29) is 12.1 Å². The van der Waals surface area contributed by atoms with E-state index in [1.807, 2.05) is 30.3 Å². The van der Waals surface area contributed by atoms with E-state index in [1.165, 1.54) is 6.42 Å². The van der Waals surface area contributed by atoms with Crippen LogP contribution in [-0.2, 0) is 14.3 Å². The quantitative estimate of drug-likeness (QED) is 0.662. The third kappa shape index (κ3) is 3.93. The van der Waals surface area contributed by atoms with Gasteiger partial charge in [0.2, 0.25) is 0 Å². The molecule has 0 amide bonds. The summed E-state index contributed by atoms with van der Waals surface area (Å²) in [4.78, 5) is 13.0. The highest BCUT2D eigenvalue weighted by Gasteiger charge is 2.35. The second-order valence-corrected chi connectivity index (χ2v) is 7.99. The molecule has 0 aliphatic heterocycles. The molecule has 3 nitrogen and oxygen atoms in total. The summed E-state index contributed by atoms with van der Waals surface area (Å²) in [6, 6.07) is 14.1. The van der Waals surface area contributed by atoms with Crippen LogP contribution in [0.4, 0.5) is 0 Å². The lowest BCUT2D eigenvalue weighted by atomic mass is 9.75. The zero-order chi connectivity index (χ0) is 18.7. The first-order valence-corrected chi connectivity index (χ1v) is 9.72. The summed E-state index contributed by atoms with van der Waals surface area (Å²) < 4.78 is 11.6. The van der Waals surface area contributed by atoms with Crippen LogP contribution >= 0.6 is 0 Å². The number of ether oxygens (including phenoxy) is 2. The molecule has 0 N–H and O–H groups in total. The lowest BCUT2D eigenvalue weighted by Crippen LogP contribution is -2.37. The van der Waals surface area contributed by atoms with Gasteiger partial charge in [-0.3, -0.25) is 0 Å². The van der Waals surface area contributed by atoms with Gasteiger partial charge in [-0.15, -0.1) is 0 Å². The molecule has 3 rings (SSSR count). The molecule has 4 atom stereocenters. The summed E-state index contributed by atoms with van der Waals surface area (Å²) >= 11 is 0. The van der Waals surface area contributed by atoms with Crippen LogP contribution in [0.3, 0.4) is 0 Å². The Balaban J connectivity index is 1.84. The number of esters is 1. The molecule has 0 saturated heterocycles. The first-order chi connectivity index (χ1) is 12.5. The average molecular weight is 354 g/mol. The number of methoxy groups -OCH3 is 1. The van der Waals surface area contributed by atoms with E-state index in [0.717, 1.165) is 29.2 Å². The third-order valence-corrected chi connectivity index (χ3v) is 5.78. The minimum atomic E-state index is -0.689. The first-order valence-electron chi connectivity index (χ1n) is 9.72. The number of carbonyl (C=O) groups excluding carboxylic acids is 1. The Labute approximate surface area is 156 Å². The largest absolute Gasteiger partial charge is 0.460 e. The van der Waals surface area contributed by atoms with Gasteiger partial charge in [0.25, 0.3) is 0 Å². The van der Waals surface area contributed by atoms with Crippen LogP contribution in [-0.4, -0.2) is 19.2 Å². The van der Waals surface area contributed by atoms with E-state index < -0.39 is 6.10 Å². The maximum absolute atomic E-state index is 13.0. The number of rotatable bonds is 5. The Hall–Kier alpha value is -1.87. The lowest BCUT2D eigenvalue weighted by molar-refractivity contribution is -0.168. The molecule has 0 radical (unpaired) electrons. The summed E-state index contributed by atoms with van der Waals surface area (Å²) in [6.07, 6.45) is 2.59. The van der Waals surface area contributed by atoms with Crippen LogP contribution in [0.1, 0.15) is 51.7 Å². The summed E-state index contributed by atoms with van der Waals surface area (Å²) in [7, 11) is 1.58. The Morgan fingerprint density at radius 2 is 1.81 bits per heavy atom. The second kappa shape index (κ2) is 8.22. The zero-order valence-corrected chi connectivity index (χ0v) is 16.3. The molecule has 3 heteroatoms. The van der Waals surface area contributed by atoms with Crippen molar-refractivity contribution in [1.82, 2.24) is 0 Å². The van der Waals surface area contributed by atoms with Gasteiger partial charge in [0.15, 0.2) is 6.10 Å². The van der Waals surface area contributed by atoms with Gasteiger partial charge in [-0.2, -0.15) is 0 Å². The molecule has 2 aromatic carbocycles. The maximum Gasteiger partial charge on any atom is 0.340 e. The highest BCUT2D eigenvalue weighted by Crippen LogP contribution is 2.36. The fraction of sp³-hybridized carbons (Fsp3) is 0.522. The van der Waals surface area contributed by atoms with Crippen LogP contribution in [0.15, 0.2) is 42.5 Å². The normalized spacial score (nSPS) is 24.6. The third-order valence-electron chi connectivity index (χ3n) is 5.78. The van der Waals surface area contributed by atoms with E-state index in [4.69, 9.17) is 9.47 Å². The van der Waals surface area contributed by atoms with Crippen molar-refractivity contribution >= 4 is 16.7 Å². The molecule has 1 aliphatic carbocycles. The second-order valence-electron chi connectivity index (χ2n) is 7.99. The lowest BCUT2D eigenvalue weighted by Gasteiger charge is -2.37. The highest BCUT2D eigenvalue weighted by molar-refractivity contribution is 5.90. The number of benzene rings is 2. The summed E-state index contributed by atoms with van der Waals surface area (Å²) in [5, 5.41) is 2.14. The van der Waals surface area contributed by atoms with E-state index in [1.54, 1.807) is 7.11 Å². The van der Waals surface area contributed by atoms with Gasteiger partial charge < -0.3 is 9.47 Å². The molecule has 0 heterocycles. The Morgan fingerprint density at radius 1 is 1.08 bits per heavy atom. The summed E-state index contributed by atoms with van der Waals surface area (Å²) in [6.45, 7) is 6.69.